The van der Waals surface area contributed by atoms with Crippen molar-refractivity contribution in [3.63, 3.8) is 0 Å². The van der Waals surface area contributed by atoms with Crippen LogP contribution in [-0.2, 0) is 9.53 Å². The van der Waals surface area contributed by atoms with Crippen LogP contribution >= 0.6 is 0 Å². The van der Waals surface area contributed by atoms with E-state index in [9.17, 15) is 4.79 Å². The van der Waals surface area contributed by atoms with Crippen molar-refractivity contribution in [1.29, 1.82) is 0 Å². The molecule has 2 heterocycles. The average Bonchev–Trinajstić information content (AvgIpc) is 3.06. The van der Waals surface area contributed by atoms with Gasteiger partial charge >= 0.3 is 5.97 Å². The number of rotatable bonds is 4. The Morgan fingerprint density at radius 1 is 1.19 bits per heavy atom. The normalized spacial score (nSPS) is 36.0. The molecule has 0 unspecified atom stereocenters. The van der Waals surface area contributed by atoms with Gasteiger partial charge in [-0.15, -0.1) is 0 Å². The van der Waals surface area contributed by atoms with Crippen molar-refractivity contribution in [2.75, 3.05) is 44.7 Å². The van der Waals surface area contributed by atoms with Crippen molar-refractivity contribution < 1.29 is 14.3 Å². The Labute approximate surface area is 186 Å². The van der Waals surface area contributed by atoms with Gasteiger partial charge in [0.1, 0.15) is 11.9 Å². The SMILES string of the molecule is C=C1CCC[C@]2(C)C[C@H]3OC(=O)[C@H](CN4CCN(c5ccc(OC)cc5)CC4)[C@@H]3C[C@@H]12. The second kappa shape index (κ2) is 8.16. The van der Waals surface area contributed by atoms with Crippen molar-refractivity contribution in [2.24, 2.45) is 23.2 Å². The number of ether oxygens (including phenoxy) is 2. The zero-order chi connectivity index (χ0) is 21.6. The fourth-order valence-electron chi connectivity index (χ4n) is 6.72. The lowest BCUT2D eigenvalue weighted by Crippen LogP contribution is -2.50. The number of fused-ring (bicyclic) bond motifs is 2. The Morgan fingerprint density at radius 3 is 2.65 bits per heavy atom. The summed E-state index contributed by atoms with van der Waals surface area (Å²) in [6, 6.07) is 8.30. The lowest BCUT2D eigenvalue weighted by Gasteiger charge is -2.50. The number of benzene rings is 1. The van der Waals surface area contributed by atoms with Crippen LogP contribution in [0.4, 0.5) is 5.69 Å². The lowest BCUT2D eigenvalue weighted by atomic mass is 9.55. The standard InChI is InChI=1S/C26H36N2O3/c1-18-5-4-10-26(2)16-24-21(15-23(18)26)22(25(29)31-24)17-27-11-13-28(14-12-27)19-6-8-20(30-3)9-7-19/h6-9,21-24H,1,4-5,10-17H2,2-3H3/t21-,22+,23-,24+,26+/m0/s1. The zero-order valence-corrected chi connectivity index (χ0v) is 19.0. The van der Waals surface area contributed by atoms with Crippen molar-refractivity contribution in [3.8, 4) is 5.75 Å². The van der Waals surface area contributed by atoms with E-state index >= 15 is 0 Å². The zero-order valence-electron chi connectivity index (χ0n) is 19.0. The van der Waals surface area contributed by atoms with Crippen LogP contribution in [0.3, 0.4) is 0 Å². The molecule has 5 nitrogen and oxygen atoms in total. The molecule has 1 aromatic rings. The van der Waals surface area contributed by atoms with Gasteiger partial charge in [-0.2, -0.15) is 0 Å². The molecule has 2 aliphatic heterocycles. The van der Waals surface area contributed by atoms with E-state index in [1.165, 1.54) is 24.1 Å². The first-order valence-corrected chi connectivity index (χ1v) is 12.0. The van der Waals surface area contributed by atoms with E-state index in [1.54, 1.807) is 7.11 Å². The molecule has 2 aliphatic carbocycles. The molecule has 1 aromatic carbocycles. The molecule has 5 atom stereocenters. The summed E-state index contributed by atoms with van der Waals surface area (Å²) in [5.74, 6) is 1.88. The predicted molar refractivity (Wildman–Crippen MR) is 122 cm³/mol. The summed E-state index contributed by atoms with van der Waals surface area (Å²) in [6.45, 7) is 11.6. The van der Waals surface area contributed by atoms with E-state index < -0.39 is 0 Å². The first kappa shape index (κ1) is 20.9. The third kappa shape index (κ3) is 3.86. The van der Waals surface area contributed by atoms with Crippen LogP contribution in [0, 0.1) is 23.2 Å². The molecule has 2 saturated carbocycles. The second-order valence-electron chi connectivity index (χ2n) is 10.4. The Kier molecular flexibility index (Phi) is 5.49. The first-order valence-electron chi connectivity index (χ1n) is 12.0. The number of anilines is 1. The summed E-state index contributed by atoms with van der Waals surface area (Å²) in [7, 11) is 1.70. The highest BCUT2D eigenvalue weighted by Gasteiger charge is 2.55. The van der Waals surface area contributed by atoms with Gasteiger partial charge in [0.05, 0.1) is 13.0 Å². The third-order valence-corrected chi connectivity index (χ3v) is 8.58. The average molecular weight is 425 g/mol. The topological polar surface area (TPSA) is 42.0 Å². The Bertz CT molecular complexity index is 830. The fourth-order valence-corrected chi connectivity index (χ4v) is 6.72. The van der Waals surface area contributed by atoms with Crippen LogP contribution in [-0.4, -0.2) is 56.8 Å². The molecule has 4 fully saturated rings. The first-order chi connectivity index (χ1) is 15.0. The van der Waals surface area contributed by atoms with Gasteiger partial charge in [0.15, 0.2) is 0 Å². The molecule has 0 aromatic heterocycles. The number of methoxy groups -OCH3 is 1. The van der Waals surface area contributed by atoms with E-state index in [0.717, 1.165) is 57.7 Å². The van der Waals surface area contributed by atoms with Gasteiger partial charge in [0, 0.05) is 44.3 Å². The number of nitrogens with zero attached hydrogens (tertiary/aromatic N) is 2. The quantitative estimate of drug-likeness (QED) is 0.537. The fraction of sp³-hybridized carbons (Fsp3) is 0.654. The van der Waals surface area contributed by atoms with Crippen molar-refractivity contribution in [3.05, 3.63) is 36.4 Å². The van der Waals surface area contributed by atoms with Crippen molar-refractivity contribution in [2.45, 2.75) is 45.1 Å². The molecule has 31 heavy (non-hydrogen) atoms. The van der Waals surface area contributed by atoms with Crippen LogP contribution in [0.1, 0.15) is 39.0 Å². The molecule has 5 rings (SSSR count). The Hall–Kier alpha value is -2.01. The van der Waals surface area contributed by atoms with E-state index in [2.05, 4.69) is 35.4 Å². The molecule has 0 amide bonds. The predicted octanol–water partition coefficient (Wildman–Crippen LogP) is 4.13. The number of esters is 1. The van der Waals surface area contributed by atoms with E-state index in [-0.39, 0.29) is 23.4 Å². The van der Waals surface area contributed by atoms with Gasteiger partial charge in [-0.3, -0.25) is 9.69 Å². The maximum Gasteiger partial charge on any atom is 0.310 e. The molecular formula is C26H36N2O3. The molecule has 4 aliphatic rings. The van der Waals surface area contributed by atoms with Crippen molar-refractivity contribution >= 4 is 11.7 Å². The van der Waals surface area contributed by atoms with Gasteiger partial charge in [0.25, 0.3) is 0 Å². The largest absolute Gasteiger partial charge is 0.497 e. The van der Waals surface area contributed by atoms with Gasteiger partial charge in [-0.05, 0) is 67.7 Å². The Balaban J connectivity index is 1.21. The highest BCUT2D eigenvalue weighted by atomic mass is 16.6. The minimum atomic E-state index is 0.0248. The highest BCUT2D eigenvalue weighted by molar-refractivity contribution is 5.75. The molecule has 0 N–H and O–H groups in total. The van der Waals surface area contributed by atoms with E-state index in [1.807, 2.05) is 12.1 Å². The summed E-state index contributed by atoms with van der Waals surface area (Å²) >= 11 is 0. The van der Waals surface area contributed by atoms with Crippen LogP contribution in [0.2, 0.25) is 0 Å². The van der Waals surface area contributed by atoms with Gasteiger partial charge in [-0.1, -0.05) is 19.1 Å². The van der Waals surface area contributed by atoms with Gasteiger partial charge in [0.2, 0.25) is 0 Å². The van der Waals surface area contributed by atoms with Gasteiger partial charge in [-0.25, -0.2) is 0 Å². The highest BCUT2D eigenvalue weighted by Crippen LogP contribution is 2.56. The van der Waals surface area contributed by atoms with Crippen LogP contribution in [0.5, 0.6) is 5.75 Å². The number of carbonyl (C=O) groups excluding carboxylic acids is 1. The molecular weight excluding hydrogens is 388 g/mol. The van der Waals surface area contributed by atoms with Gasteiger partial charge < -0.3 is 14.4 Å². The summed E-state index contributed by atoms with van der Waals surface area (Å²) < 4.78 is 11.2. The summed E-state index contributed by atoms with van der Waals surface area (Å²) in [5, 5.41) is 0. The van der Waals surface area contributed by atoms with E-state index in [4.69, 9.17) is 9.47 Å². The second-order valence-corrected chi connectivity index (χ2v) is 10.4. The van der Waals surface area contributed by atoms with Crippen LogP contribution in [0.15, 0.2) is 36.4 Å². The minimum Gasteiger partial charge on any atom is -0.497 e. The van der Waals surface area contributed by atoms with Crippen LogP contribution < -0.4 is 9.64 Å². The molecule has 0 spiro atoms. The molecule has 2 saturated heterocycles. The molecule has 0 bridgehead atoms. The van der Waals surface area contributed by atoms with Crippen LogP contribution in [0.25, 0.3) is 0 Å². The molecule has 168 valence electrons. The maximum atomic E-state index is 12.9. The third-order valence-electron chi connectivity index (χ3n) is 8.58. The monoisotopic (exact) mass is 424 g/mol. The maximum absolute atomic E-state index is 12.9. The number of allylic oxidation sites excluding steroid dienone is 1. The summed E-state index contributed by atoms with van der Waals surface area (Å²) in [5.41, 5.74) is 2.93. The molecule has 5 heteroatoms. The number of hydrogen-bond acceptors (Lipinski definition) is 5. The molecule has 0 radical (unpaired) electrons. The van der Waals surface area contributed by atoms with E-state index in [0.29, 0.717) is 11.8 Å². The number of carbonyl (C=O) groups is 1. The summed E-state index contributed by atoms with van der Waals surface area (Å²) in [4.78, 5) is 17.7. The summed E-state index contributed by atoms with van der Waals surface area (Å²) in [6.07, 6.45) is 5.86. The smallest absolute Gasteiger partial charge is 0.310 e. The number of piperazine rings is 1. The van der Waals surface area contributed by atoms with Crippen molar-refractivity contribution in [1.82, 2.24) is 4.90 Å². The number of hydrogen-bond donors (Lipinski definition) is 0. The minimum absolute atomic E-state index is 0.0248. The lowest BCUT2D eigenvalue weighted by molar-refractivity contribution is -0.146. The Morgan fingerprint density at radius 2 is 1.94 bits per heavy atom.